The van der Waals surface area contributed by atoms with Crippen molar-refractivity contribution in [1.29, 1.82) is 0 Å². The Bertz CT molecular complexity index is 379. The van der Waals surface area contributed by atoms with E-state index in [-0.39, 0.29) is 25.5 Å². The fourth-order valence-electron chi connectivity index (χ4n) is 1.43. The monoisotopic (exact) mass is 239 g/mol. The number of benzene rings is 1. The molecule has 0 unspecified atom stereocenters. The lowest BCUT2D eigenvalue weighted by molar-refractivity contribution is -0.120. The van der Waals surface area contributed by atoms with Crippen LogP contribution in [0.2, 0.25) is 0 Å². The van der Waals surface area contributed by atoms with Crippen molar-refractivity contribution in [3.63, 3.8) is 0 Å². The molecule has 0 saturated heterocycles. The van der Waals surface area contributed by atoms with Crippen LogP contribution < -0.4 is 14.8 Å². The average Bonchev–Trinajstić information content (AvgIpc) is 2.36. The predicted octanol–water partition coefficient (Wildman–Crippen LogP) is 0.355. The van der Waals surface area contributed by atoms with E-state index in [0.717, 1.165) is 5.56 Å². The van der Waals surface area contributed by atoms with E-state index in [1.54, 1.807) is 32.4 Å². The third-order valence-electron chi connectivity index (χ3n) is 2.25. The quantitative estimate of drug-likeness (QED) is 0.752. The van der Waals surface area contributed by atoms with Gasteiger partial charge in [-0.15, -0.1) is 0 Å². The number of nitrogens with one attached hydrogen (secondary N) is 1. The van der Waals surface area contributed by atoms with Gasteiger partial charge in [-0.1, -0.05) is 6.07 Å². The summed E-state index contributed by atoms with van der Waals surface area (Å²) in [5.41, 5.74) is 0.832. The summed E-state index contributed by atoms with van der Waals surface area (Å²) in [5, 5.41) is 11.2. The highest BCUT2D eigenvalue weighted by Gasteiger charge is 2.07. The molecule has 0 bridgehead atoms. The number of carbonyl (C=O) groups excluding carboxylic acids is 1. The van der Waals surface area contributed by atoms with Crippen molar-refractivity contribution in [2.75, 3.05) is 27.4 Å². The van der Waals surface area contributed by atoms with Gasteiger partial charge in [0, 0.05) is 6.54 Å². The molecular formula is C12H17NO4. The van der Waals surface area contributed by atoms with Crippen LogP contribution in [0.25, 0.3) is 0 Å². The van der Waals surface area contributed by atoms with Gasteiger partial charge in [-0.2, -0.15) is 0 Å². The van der Waals surface area contributed by atoms with Crippen LogP contribution in [0.15, 0.2) is 18.2 Å². The highest BCUT2D eigenvalue weighted by Crippen LogP contribution is 2.27. The van der Waals surface area contributed by atoms with Gasteiger partial charge in [0.1, 0.15) is 0 Å². The SMILES string of the molecule is COc1ccc(CC(=O)NCCO)cc1OC. The number of aliphatic hydroxyl groups excluding tert-OH is 1. The van der Waals surface area contributed by atoms with Crippen LogP contribution in [0, 0.1) is 0 Å². The molecule has 0 spiro atoms. The highest BCUT2D eigenvalue weighted by molar-refractivity contribution is 5.78. The Kier molecular flexibility index (Phi) is 5.29. The number of carbonyl (C=O) groups is 1. The molecule has 0 fully saturated rings. The molecular weight excluding hydrogens is 222 g/mol. The molecule has 0 heterocycles. The predicted molar refractivity (Wildman–Crippen MR) is 63.3 cm³/mol. The van der Waals surface area contributed by atoms with Crippen LogP contribution in [-0.2, 0) is 11.2 Å². The van der Waals surface area contributed by atoms with Crippen molar-refractivity contribution in [2.45, 2.75) is 6.42 Å². The number of hydrogen-bond acceptors (Lipinski definition) is 4. The number of methoxy groups -OCH3 is 2. The lowest BCUT2D eigenvalue weighted by Crippen LogP contribution is -2.27. The van der Waals surface area contributed by atoms with Gasteiger partial charge in [0.05, 0.1) is 27.2 Å². The Morgan fingerprint density at radius 1 is 1.29 bits per heavy atom. The van der Waals surface area contributed by atoms with Crippen molar-refractivity contribution >= 4 is 5.91 Å². The zero-order valence-electron chi connectivity index (χ0n) is 10.0. The van der Waals surface area contributed by atoms with Gasteiger partial charge in [0.2, 0.25) is 5.91 Å². The second kappa shape index (κ2) is 6.75. The van der Waals surface area contributed by atoms with Crippen molar-refractivity contribution in [3.8, 4) is 11.5 Å². The summed E-state index contributed by atoms with van der Waals surface area (Å²) >= 11 is 0. The molecule has 17 heavy (non-hydrogen) atoms. The van der Waals surface area contributed by atoms with Gasteiger partial charge in [0.25, 0.3) is 0 Å². The first-order valence-corrected chi connectivity index (χ1v) is 5.29. The van der Waals surface area contributed by atoms with Crippen molar-refractivity contribution in [1.82, 2.24) is 5.32 Å². The Labute approximate surface area is 100 Å². The summed E-state index contributed by atoms with van der Waals surface area (Å²) in [6, 6.07) is 5.32. The number of ether oxygens (including phenoxy) is 2. The van der Waals surface area contributed by atoms with Crippen molar-refractivity contribution in [3.05, 3.63) is 23.8 Å². The van der Waals surface area contributed by atoms with Gasteiger partial charge in [0.15, 0.2) is 11.5 Å². The van der Waals surface area contributed by atoms with Gasteiger partial charge in [-0.05, 0) is 17.7 Å². The molecule has 0 saturated carbocycles. The van der Waals surface area contributed by atoms with Gasteiger partial charge < -0.3 is 19.9 Å². The molecule has 0 radical (unpaired) electrons. The minimum Gasteiger partial charge on any atom is -0.493 e. The molecule has 0 aliphatic heterocycles. The van der Waals surface area contributed by atoms with E-state index in [4.69, 9.17) is 14.6 Å². The number of amides is 1. The summed E-state index contributed by atoms with van der Waals surface area (Å²) in [4.78, 5) is 11.4. The molecule has 1 rings (SSSR count). The zero-order chi connectivity index (χ0) is 12.7. The fourth-order valence-corrected chi connectivity index (χ4v) is 1.43. The highest BCUT2D eigenvalue weighted by atomic mass is 16.5. The first kappa shape index (κ1) is 13.3. The molecule has 5 nitrogen and oxygen atoms in total. The molecule has 0 atom stereocenters. The van der Waals surface area contributed by atoms with E-state index in [1.807, 2.05) is 0 Å². The Hall–Kier alpha value is -1.75. The third-order valence-corrected chi connectivity index (χ3v) is 2.25. The van der Waals surface area contributed by atoms with Crippen LogP contribution in [0.5, 0.6) is 11.5 Å². The molecule has 1 amide bonds. The summed E-state index contributed by atoms with van der Waals surface area (Å²) in [5.74, 6) is 1.10. The summed E-state index contributed by atoms with van der Waals surface area (Å²) in [7, 11) is 3.11. The topological polar surface area (TPSA) is 67.8 Å². The lowest BCUT2D eigenvalue weighted by atomic mass is 10.1. The van der Waals surface area contributed by atoms with Crippen molar-refractivity contribution < 1.29 is 19.4 Å². The maximum absolute atomic E-state index is 11.4. The normalized spacial score (nSPS) is 9.82. The smallest absolute Gasteiger partial charge is 0.224 e. The zero-order valence-corrected chi connectivity index (χ0v) is 10.0. The molecule has 2 N–H and O–H groups in total. The maximum Gasteiger partial charge on any atom is 0.224 e. The maximum atomic E-state index is 11.4. The number of hydrogen-bond donors (Lipinski definition) is 2. The molecule has 94 valence electrons. The third kappa shape index (κ3) is 3.96. The largest absolute Gasteiger partial charge is 0.493 e. The summed E-state index contributed by atoms with van der Waals surface area (Å²) < 4.78 is 10.2. The fraction of sp³-hybridized carbons (Fsp3) is 0.417. The molecule has 5 heteroatoms. The van der Waals surface area contributed by atoms with E-state index < -0.39 is 0 Å². The molecule has 1 aromatic rings. The minimum absolute atomic E-state index is 0.0579. The summed E-state index contributed by atoms with van der Waals surface area (Å²) in [6.45, 7) is 0.212. The lowest BCUT2D eigenvalue weighted by Gasteiger charge is -2.09. The Balaban J connectivity index is 2.68. The Morgan fingerprint density at radius 2 is 2.00 bits per heavy atom. The van der Waals surface area contributed by atoms with E-state index in [1.165, 1.54) is 0 Å². The first-order chi connectivity index (χ1) is 8.21. The van der Waals surface area contributed by atoms with E-state index in [0.29, 0.717) is 11.5 Å². The number of aliphatic hydroxyl groups is 1. The van der Waals surface area contributed by atoms with Crippen molar-refractivity contribution in [2.24, 2.45) is 0 Å². The second-order valence-electron chi connectivity index (χ2n) is 3.44. The second-order valence-corrected chi connectivity index (χ2v) is 3.44. The van der Waals surface area contributed by atoms with E-state index in [9.17, 15) is 4.79 Å². The molecule has 0 aliphatic rings. The molecule has 0 aromatic heterocycles. The van der Waals surface area contributed by atoms with Crippen LogP contribution in [0.3, 0.4) is 0 Å². The first-order valence-electron chi connectivity index (χ1n) is 5.29. The average molecular weight is 239 g/mol. The van der Waals surface area contributed by atoms with Crippen LogP contribution in [0.1, 0.15) is 5.56 Å². The van der Waals surface area contributed by atoms with E-state index >= 15 is 0 Å². The molecule has 0 aliphatic carbocycles. The summed E-state index contributed by atoms with van der Waals surface area (Å²) in [6.07, 6.45) is 0.250. The van der Waals surface area contributed by atoms with Gasteiger partial charge in [-0.3, -0.25) is 4.79 Å². The number of rotatable bonds is 6. The minimum atomic E-state index is -0.133. The van der Waals surface area contributed by atoms with Crippen LogP contribution in [0.4, 0.5) is 0 Å². The van der Waals surface area contributed by atoms with Crippen LogP contribution in [-0.4, -0.2) is 38.4 Å². The standard InChI is InChI=1S/C12H17NO4/c1-16-10-4-3-9(7-11(10)17-2)8-12(15)13-5-6-14/h3-4,7,14H,5-6,8H2,1-2H3,(H,13,15). The van der Waals surface area contributed by atoms with Gasteiger partial charge in [-0.25, -0.2) is 0 Å². The van der Waals surface area contributed by atoms with E-state index in [2.05, 4.69) is 5.32 Å². The Morgan fingerprint density at radius 3 is 2.59 bits per heavy atom. The van der Waals surface area contributed by atoms with Gasteiger partial charge >= 0.3 is 0 Å². The van der Waals surface area contributed by atoms with Crippen LogP contribution >= 0.6 is 0 Å². The molecule has 1 aromatic carbocycles.